The van der Waals surface area contributed by atoms with Crippen LogP contribution >= 0.6 is 0 Å². The fourth-order valence-electron chi connectivity index (χ4n) is 0.146. The minimum Gasteiger partial charge on any atom is -0.396 e. The van der Waals surface area contributed by atoms with Gasteiger partial charge in [-0.15, -0.1) is 0 Å². The average Bonchev–Trinajstić information content (AvgIpc) is 1.62. The molecule has 4 heteroatoms. The van der Waals surface area contributed by atoms with E-state index in [2.05, 4.69) is 0 Å². The fourth-order valence-corrected chi connectivity index (χ4v) is 0.146. The molecule has 0 rings (SSSR count). The van der Waals surface area contributed by atoms with Gasteiger partial charge in [0.2, 0.25) is 0 Å². The van der Waals surface area contributed by atoms with Crippen LogP contribution in [0.15, 0.2) is 0 Å². The maximum Gasteiger partial charge on any atom is 0.171 e. The quantitative estimate of drug-likeness (QED) is 0.323. The van der Waals surface area contributed by atoms with Crippen LogP contribution in [0.1, 0.15) is 6.92 Å². The molecule has 0 saturated carbocycles. The summed E-state index contributed by atoms with van der Waals surface area (Å²) in [6, 6.07) is 0. The molecule has 6 N–H and O–H groups in total. The fraction of sp³-hybridized carbons (Fsp3) is 1.00. The summed E-state index contributed by atoms with van der Waals surface area (Å²) >= 11 is 0. The maximum atomic E-state index is 8.68. The Morgan fingerprint density at radius 3 is 2.00 bits per heavy atom. The Kier molecular flexibility index (Phi) is 2.36. The van der Waals surface area contributed by atoms with Crippen molar-refractivity contribution in [2.75, 3.05) is 6.61 Å². The highest BCUT2D eigenvalue weighted by atomic mass is 16.3. The largest absolute Gasteiger partial charge is 0.396 e. The van der Waals surface area contributed by atoms with Gasteiger partial charge in [-0.25, -0.2) is 0 Å². The summed E-state index contributed by atoms with van der Waals surface area (Å²) in [7, 11) is 0. The molecule has 8 heavy (non-hydrogen) atoms. The van der Waals surface area contributed by atoms with Crippen molar-refractivity contribution in [3.63, 3.8) is 0 Å². The van der Waals surface area contributed by atoms with E-state index in [-0.39, 0.29) is 6.61 Å². The van der Waals surface area contributed by atoms with Gasteiger partial charge in [-0.05, 0) is 0 Å². The highest BCUT2D eigenvalue weighted by molar-refractivity contribution is 4.67. The predicted molar refractivity (Wildman–Crippen MR) is 29.6 cm³/mol. The summed E-state index contributed by atoms with van der Waals surface area (Å²) in [5, 5.41) is 17.0. The second kappa shape index (κ2) is 2.41. The second-order valence-corrected chi connectivity index (χ2v) is 1.97. The van der Waals surface area contributed by atoms with Gasteiger partial charge in [0.1, 0.15) is 0 Å². The van der Waals surface area contributed by atoms with Crippen molar-refractivity contribution in [1.29, 1.82) is 0 Å². The molecule has 0 heterocycles. The molecule has 0 aliphatic rings. The van der Waals surface area contributed by atoms with Crippen LogP contribution in [-0.4, -0.2) is 22.7 Å². The lowest BCUT2D eigenvalue weighted by molar-refractivity contribution is -0.0215. The van der Waals surface area contributed by atoms with E-state index < -0.39 is 11.8 Å². The predicted octanol–water partition coefficient (Wildman–Crippen LogP) is -1.82. The van der Waals surface area contributed by atoms with Crippen molar-refractivity contribution in [3.8, 4) is 0 Å². The monoisotopic (exact) mass is 120 g/mol. The Labute approximate surface area is 48.1 Å². The van der Waals surface area contributed by atoms with E-state index in [0.717, 1.165) is 0 Å². The molecule has 0 amide bonds. The highest BCUT2D eigenvalue weighted by Gasteiger charge is 2.21. The van der Waals surface area contributed by atoms with Crippen LogP contribution in [0.25, 0.3) is 0 Å². The molecule has 0 aliphatic heterocycles. The summed E-state index contributed by atoms with van der Waals surface area (Å²) in [5.41, 5.74) is 9.93. The SMILES string of the molecule is CC(CO)C(N)(N)O. The Morgan fingerprint density at radius 2 is 2.00 bits per heavy atom. The van der Waals surface area contributed by atoms with Crippen LogP contribution in [0.4, 0.5) is 0 Å². The Bertz CT molecular complexity index is 68.9. The normalized spacial score (nSPS) is 16.1. The van der Waals surface area contributed by atoms with Crippen molar-refractivity contribution in [3.05, 3.63) is 0 Å². The topological polar surface area (TPSA) is 92.5 Å². The Hall–Kier alpha value is -0.160. The van der Waals surface area contributed by atoms with Gasteiger partial charge in [0, 0.05) is 5.92 Å². The highest BCUT2D eigenvalue weighted by Crippen LogP contribution is 2.01. The van der Waals surface area contributed by atoms with Crippen LogP contribution < -0.4 is 11.5 Å². The molecular formula is C4H12N2O2. The van der Waals surface area contributed by atoms with E-state index >= 15 is 0 Å². The van der Waals surface area contributed by atoms with Crippen LogP contribution in [0.3, 0.4) is 0 Å². The van der Waals surface area contributed by atoms with E-state index in [4.69, 9.17) is 21.7 Å². The first-order valence-electron chi connectivity index (χ1n) is 2.39. The van der Waals surface area contributed by atoms with Gasteiger partial charge in [0.25, 0.3) is 0 Å². The van der Waals surface area contributed by atoms with Crippen molar-refractivity contribution in [2.24, 2.45) is 17.4 Å². The van der Waals surface area contributed by atoms with Crippen molar-refractivity contribution in [1.82, 2.24) is 0 Å². The molecule has 0 saturated heterocycles. The molecule has 0 aromatic rings. The van der Waals surface area contributed by atoms with Crippen molar-refractivity contribution >= 4 is 0 Å². The van der Waals surface area contributed by atoms with Gasteiger partial charge in [0.05, 0.1) is 6.61 Å². The number of nitrogens with two attached hydrogens (primary N) is 2. The number of aliphatic hydroxyl groups is 2. The standard InChI is InChI=1S/C4H12N2O2/c1-3(2-7)4(5,6)8/h3,7-8H,2,5-6H2,1H3. The Morgan fingerprint density at radius 1 is 1.62 bits per heavy atom. The first-order chi connectivity index (χ1) is 3.48. The van der Waals surface area contributed by atoms with E-state index in [1.165, 1.54) is 0 Å². The van der Waals surface area contributed by atoms with E-state index in [1.54, 1.807) is 6.92 Å². The van der Waals surface area contributed by atoms with Gasteiger partial charge in [0.15, 0.2) is 5.85 Å². The molecule has 0 fully saturated rings. The van der Waals surface area contributed by atoms with Crippen LogP contribution in [0, 0.1) is 5.92 Å². The molecule has 1 atom stereocenters. The molecule has 1 unspecified atom stereocenters. The summed E-state index contributed by atoms with van der Waals surface area (Å²) in [4.78, 5) is 0. The lowest BCUT2D eigenvalue weighted by Crippen LogP contribution is -2.55. The number of hydrogen-bond donors (Lipinski definition) is 4. The molecule has 50 valence electrons. The lowest BCUT2D eigenvalue weighted by atomic mass is 10.1. The molecule has 0 aromatic heterocycles. The molecule has 0 spiro atoms. The summed E-state index contributed by atoms with van der Waals surface area (Å²) in [6.07, 6.45) is 0. The van der Waals surface area contributed by atoms with Crippen LogP contribution in [0.5, 0.6) is 0 Å². The van der Waals surface area contributed by atoms with Crippen molar-refractivity contribution in [2.45, 2.75) is 12.8 Å². The van der Waals surface area contributed by atoms with E-state index in [1.807, 2.05) is 0 Å². The van der Waals surface area contributed by atoms with Gasteiger partial charge < -0.3 is 10.2 Å². The average molecular weight is 120 g/mol. The maximum absolute atomic E-state index is 8.68. The van der Waals surface area contributed by atoms with Gasteiger partial charge in [-0.1, -0.05) is 6.92 Å². The van der Waals surface area contributed by atoms with Crippen LogP contribution in [-0.2, 0) is 0 Å². The van der Waals surface area contributed by atoms with Crippen molar-refractivity contribution < 1.29 is 10.2 Å². The van der Waals surface area contributed by atoms with Crippen LogP contribution in [0.2, 0.25) is 0 Å². The zero-order valence-electron chi connectivity index (χ0n) is 4.83. The summed E-state index contributed by atoms with van der Waals surface area (Å²) in [6.45, 7) is 1.35. The summed E-state index contributed by atoms with van der Waals surface area (Å²) in [5.74, 6) is -2.23. The number of aliphatic hydroxyl groups excluding tert-OH is 1. The minimum absolute atomic E-state index is 0.205. The lowest BCUT2D eigenvalue weighted by Gasteiger charge is -2.22. The van der Waals surface area contributed by atoms with E-state index in [9.17, 15) is 0 Å². The van der Waals surface area contributed by atoms with Gasteiger partial charge in [-0.2, -0.15) is 0 Å². The van der Waals surface area contributed by atoms with Gasteiger partial charge >= 0.3 is 0 Å². The third-order valence-electron chi connectivity index (χ3n) is 1.06. The molecule has 4 nitrogen and oxygen atoms in total. The second-order valence-electron chi connectivity index (χ2n) is 1.97. The molecular weight excluding hydrogens is 108 g/mol. The third kappa shape index (κ3) is 2.23. The first-order valence-corrected chi connectivity index (χ1v) is 2.39. The summed E-state index contributed by atoms with van der Waals surface area (Å²) < 4.78 is 0. The zero-order valence-corrected chi connectivity index (χ0v) is 4.83. The zero-order chi connectivity index (χ0) is 6.78. The van der Waals surface area contributed by atoms with E-state index in [0.29, 0.717) is 0 Å². The molecule has 0 aliphatic carbocycles. The minimum atomic E-state index is -1.74. The smallest absolute Gasteiger partial charge is 0.171 e. The number of rotatable bonds is 2. The third-order valence-corrected chi connectivity index (χ3v) is 1.06. The molecule has 0 radical (unpaired) electrons. The molecule has 0 aromatic carbocycles. The first kappa shape index (κ1) is 7.84. The Balaban J connectivity index is 3.62. The number of hydrogen-bond acceptors (Lipinski definition) is 4. The molecule has 0 bridgehead atoms. The van der Waals surface area contributed by atoms with Gasteiger partial charge in [-0.3, -0.25) is 11.5 Å².